The fraction of sp³-hybridized carbons (Fsp3) is 0.105. The molecule has 3 rings (SSSR count). The molecule has 1 aromatic heterocycles. The van der Waals surface area contributed by atoms with E-state index in [1.165, 1.54) is 42.5 Å². The van der Waals surface area contributed by atoms with Crippen LogP contribution in [-0.4, -0.2) is 26.8 Å². The number of amides is 1. The SMILES string of the molecule is O=C(O)CC(NC(=O)c1cc(=O)n(-c2ccc(F)cc2)[nH]1)c1cc(Cl)ccc1Cl. The molecular formula is C19H14Cl2FN3O4. The van der Waals surface area contributed by atoms with Gasteiger partial charge in [0, 0.05) is 16.1 Å². The number of nitrogens with one attached hydrogen (secondary N) is 2. The molecule has 2 aromatic carbocycles. The van der Waals surface area contributed by atoms with Crippen LogP contribution in [0.4, 0.5) is 4.39 Å². The first-order valence-corrected chi connectivity index (χ1v) is 9.06. The Labute approximate surface area is 173 Å². The van der Waals surface area contributed by atoms with Crippen LogP contribution in [0.15, 0.2) is 53.3 Å². The number of halogens is 3. The molecule has 3 aromatic rings. The molecule has 0 saturated heterocycles. The zero-order valence-electron chi connectivity index (χ0n) is 14.7. The molecule has 1 amide bonds. The lowest BCUT2D eigenvalue weighted by molar-refractivity contribution is -0.137. The molecule has 1 atom stereocenters. The monoisotopic (exact) mass is 437 g/mol. The summed E-state index contributed by atoms with van der Waals surface area (Å²) in [4.78, 5) is 36.1. The summed E-state index contributed by atoms with van der Waals surface area (Å²) in [6.45, 7) is 0. The number of carboxylic acid groups (broad SMARTS) is 1. The third-order valence-electron chi connectivity index (χ3n) is 4.07. The van der Waals surface area contributed by atoms with Gasteiger partial charge in [-0.15, -0.1) is 0 Å². The Morgan fingerprint density at radius 1 is 1.14 bits per heavy atom. The number of nitrogens with zero attached hydrogens (tertiary/aromatic N) is 1. The number of carbonyl (C=O) groups excluding carboxylic acids is 1. The summed E-state index contributed by atoms with van der Waals surface area (Å²) in [5.74, 6) is -2.35. The van der Waals surface area contributed by atoms with Gasteiger partial charge in [-0.2, -0.15) is 0 Å². The van der Waals surface area contributed by atoms with Crippen LogP contribution in [0.25, 0.3) is 5.69 Å². The fourth-order valence-electron chi connectivity index (χ4n) is 2.73. The van der Waals surface area contributed by atoms with Gasteiger partial charge in [0.25, 0.3) is 11.5 Å². The van der Waals surface area contributed by atoms with E-state index in [1.807, 2.05) is 0 Å². The van der Waals surface area contributed by atoms with Crippen molar-refractivity contribution in [3.63, 3.8) is 0 Å². The molecular weight excluding hydrogens is 424 g/mol. The van der Waals surface area contributed by atoms with Gasteiger partial charge in [0.15, 0.2) is 0 Å². The smallest absolute Gasteiger partial charge is 0.305 e. The summed E-state index contributed by atoms with van der Waals surface area (Å²) in [6, 6.07) is 9.64. The second kappa shape index (κ2) is 8.50. The maximum atomic E-state index is 13.1. The summed E-state index contributed by atoms with van der Waals surface area (Å²) in [5.41, 5.74) is 0.0100. The van der Waals surface area contributed by atoms with Crippen molar-refractivity contribution in [3.8, 4) is 5.69 Å². The maximum Gasteiger partial charge on any atom is 0.305 e. The number of hydrogen-bond donors (Lipinski definition) is 3. The van der Waals surface area contributed by atoms with Crippen LogP contribution in [0.1, 0.15) is 28.5 Å². The number of aromatic amines is 1. The Morgan fingerprint density at radius 2 is 1.83 bits per heavy atom. The lowest BCUT2D eigenvalue weighted by atomic mass is 10.0. The molecule has 0 aliphatic heterocycles. The van der Waals surface area contributed by atoms with Gasteiger partial charge in [0.05, 0.1) is 18.2 Å². The highest BCUT2D eigenvalue weighted by Crippen LogP contribution is 2.28. The Kier molecular flexibility index (Phi) is 6.05. The number of aromatic nitrogens is 2. The summed E-state index contributed by atoms with van der Waals surface area (Å²) < 4.78 is 14.1. The number of carboxylic acids is 1. The molecule has 0 aliphatic carbocycles. The van der Waals surface area contributed by atoms with E-state index in [0.717, 1.165) is 10.7 Å². The summed E-state index contributed by atoms with van der Waals surface area (Å²) in [5, 5.41) is 14.9. The van der Waals surface area contributed by atoms with Crippen LogP contribution in [0, 0.1) is 5.82 Å². The molecule has 0 fully saturated rings. The van der Waals surface area contributed by atoms with Crippen molar-refractivity contribution in [3.05, 3.63) is 86.0 Å². The Balaban J connectivity index is 1.89. The van der Waals surface area contributed by atoms with E-state index in [-0.39, 0.29) is 10.7 Å². The van der Waals surface area contributed by atoms with Gasteiger partial charge in [0.2, 0.25) is 0 Å². The highest BCUT2D eigenvalue weighted by Gasteiger charge is 2.23. The topological polar surface area (TPSA) is 104 Å². The Morgan fingerprint density at radius 3 is 2.48 bits per heavy atom. The third kappa shape index (κ3) is 4.85. The average molecular weight is 438 g/mol. The third-order valence-corrected chi connectivity index (χ3v) is 4.65. The Bertz CT molecular complexity index is 1130. The molecule has 0 bridgehead atoms. The van der Waals surface area contributed by atoms with Crippen molar-refractivity contribution >= 4 is 35.1 Å². The predicted molar refractivity (Wildman–Crippen MR) is 105 cm³/mol. The second-order valence-electron chi connectivity index (χ2n) is 6.11. The van der Waals surface area contributed by atoms with E-state index in [0.29, 0.717) is 16.3 Å². The normalized spacial score (nSPS) is 11.8. The molecule has 7 nitrogen and oxygen atoms in total. The van der Waals surface area contributed by atoms with Crippen molar-refractivity contribution < 1.29 is 19.1 Å². The summed E-state index contributed by atoms with van der Waals surface area (Å²) in [6.07, 6.45) is -0.450. The molecule has 29 heavy (non-hydrogen) atoms. The minimum atomic E-state index is -1.16. The van der Waals surface area contributed by atoms with E-state index in [9.17, 15) is 23.9 Å². The molecule has 0 radical (unpaired) electrons. The quantitative estimate of drug-likeness (QED) is 0.548. The number of H-pyrrole nitrogens is 1. The zero-order chi connectivity index (χ0) is 21.1. The lowest BCUT2D eigenvalue weighted by Gasteiger charge is -2.18. The first kappa shape index (κ1) is 20.6. The molecule has 1 heterocycles. The first-order chi connectivity index (χ1) is 13.7. The van der Waals surface area contributed by atoms with Gasteiger partial charge in [-0.1, -0.05) is 23.2 Å². The number of aliphatic carboxylic acids is 1. The van der Waals surface area contributed by atoms with Crippen LogP contribution in [0.2, 0.25) is 10.0 Å². The fourth-order valence-corrected chi connectivity index (χ4v) is 3.15. The van der Waals surface area contributed by atoms with Crippen molar-refractivity contribution in [1.82, 2.24) is 15.1 Å². The minimum absolute atomic E-state index is 0.104. The average Bonchev–Trinajstić information content (AvgIpc) is 3.05. The van der Waals surface area contributed by atoms with Crippen LogP contribution in [0.5, 0.6) is 0 Å². The van der Waals surface area contributed by atoms with Crippen LogP contribution in [-0.2, 0) is 4.79 Å². The highest BCUT2D eigenvalue weighted by molar-refractivity contribution is 6.33. The van der Waals surface area contributed by atoms with Gasteiger partial charge in [-0.3, -0.25) is 19.5 Å². The van der Waals surface area contributed by atoms with Gasteiger partial charge in [0.1, 0.15) is 11.5 Å². The molecule has 0 aliphatic rings. The number of benzene rings is 2. The zero-order valence-corrected chi connectivity index (χ0v) is 16.2. The predicted octanol–water partition coefficient (Wildman–Crippen LogP) is 3.56. The van der Waals surface area contributed by atoms with E-state index in [1.54, 1.807) is 0 Å². The van der Waals surface area contributed by atoms with E-state index in [4.69, 9.17) is 23.2 Å². The van der Waals surface area contributed by atoms with Crippen molar-refractivity contribution in [2.75, 3.05) is 0 Å². The van der Waals surface area contributed by atoms with Crippen molar-refractivity contribution in [1.29, 1.82) is 0 Å². The van der Waals surface area contributed by atoms with E-state index >= 15 is 0 Å². The molecule has 1 unspecified atom stereocenters. The van der Waals surface area contributed by atoms with Crippen LogP contribution in [0.3, 0.4) is 0 Å². The standard InChI is InChI=1S/C19H14Cl2FN3O4/c20-10-1-6-14(21)13(7-10)15(9-18(27)28)23-19(29)16-8-17(26)25(24-16)12-4-2-11(22)3-5-12/h1-8,15,24H,9H2,(H,23,29)(H,27,28). The van der Waals surface area contributed by atoms with Crippen LogP contribution < -0.4 is 10.9 Å². The highest BCUT2D eigenvalue weighted by atomic mass is 35.5. The molecule has 0 saturated carbocycles. The van der Waals surface area contributed by atoms with Crippen molar-refractivity contribution in [2.24, 2.45) is 0 Å². The van der Waals surface area contributed by atoms with Gasteiger partial charge < -0.3 is 10.4 Å². The first-order valence-electron chi connectivity index (χ1n) is 8.30. The number of rotatable bonds is 6. The van der Waals surface area contributed by atoms with Gasteiger partial charge >= 0.3 is 5.97 Å². The second-order valence-corrected chi connectivity index (χ2v) is 6.95. The maximum absolute atomic E-state index is 13.1. The summed E-state index contributed by atoms with van der Waals surface area (Å²) in [7, 11) is 0. The number of carbonyl (C=O) groups is 2. The molecule has 3 N–H and O–H groups in total. The van der Waals surface area contributed by atoms with E-state index in [2.05, 4.69) is 10.4 Å². The largest absolute Gasteiger partial charge is 0.481 e. The molecule has 0 spiro atoms. The van der Waals surface area contributed by atoms with Crippen LogP contribution >= 0.6 is 23.2 Å². The van der Waals surface area contributed by atoms with Gasteiger partial charge in [-0.05, 0) is 48.0 Å². The number of hydrogen-bond acceptors (Lipinski definition) is 3. The lowest BCUT2D eigenvalue weighted by Crippen LogP contribution is -2.30. The minimum Gasteiger partial charge on any atom is -0.481 e. The van der Waals surface area contributed by atoms with Crippen molar-refractivity contribution in [2.45, 2.75) is 12.5 Å². The molecule has 10 heteroatoms. The molecule has 150 valence electrons. The Hall–Kier alpha value is -3.10. The van der Waals surface area contributed by atoms with E-state index < -0.39 is 35.7 Å². The van der Waals surface area contributed by atoms with Gasteiger partial charge in [-0.25, -0.2) is 9.07 Å². The summed E-state index contributed by atoms with van der Waals surface area (Å²) >= 11 is 12.1.